The largest absolute Gasteiger partial charge is 0.341 e. The number of likely N-dealkylation sites (tertiary alicyclic amines) is 1. The van der Waals surface area contributed by atoms with Crippen LogP contribution in [0.4, 0.5) is 0 Å². The lowest BCUT2D eigenvalue weighted by molar-refractivity contribution is 0.0554. The fourth-order valence-electron chi connectivity index (χ4n) is 2.83. The van der Waals surface area contributed by atoms with E-state index in [0.29, 0.717) is 24.5 Å². The van der Waals surface area contributed by atoms with Crippen molar-refractivity contribution in [1.82, 2.24) is 9.47 Å². The Kier molecular flexibility index (Phi) is 4.30. The average molecular weight is 263 g/mol. The summed E-state index contributed by atoms with van der Waals surface area (Å²) in [5.41, 5.74) is 6.56. The number of rotatable bonds is 3. The lowest BCUT2D eigenvalue weighted by atomic mass is 9.93. The Hall–Kier alpha value is -1.29. The Labute approximate surface area is 115 Å². The highest BCUT2D eigenvalue weighted by Gasteiger charge is 2.30. The molecule has 1 aliphatic heterocycles. The van der Waals surface area contributed by atoms with Gasteiger partial charge in [0.15, 0.2) is 0 Å². The van der Waals surface area contributed by atoms with Gasteiger partial charge in [-0.1, -0.05) is 0 Å². The lowest BCUT2D eigenvalue weighted by Gasteiger charge is -2.38. The van der Waals surface area contributed by atoms with Crippen molar-refractivity contribution in [3.05, 3.63) is 24.0 Å². The van der Waals surface area contributed by atoms with Crippen LogP contribution in [0.3, 0.4) is 0 Å². The molecule has 0 bridgehead atoms. The van der Waals surface area contributed by atoms with Crippen molar-refractivity contribution in [1.29, 1.82) is 0 Å². The number of aromatic nitrogens is 1. The van der Waals surface area contributed by atoms with E-state index in [1.54, 1.807) is 0 Å². The van der Waals surface area contributed by atoms with Gasteiger partial charge in [-0.05, 0) is 58.2 Å². The summed E-state index contributed by atoms with van der Waals surface area (Å²) in [6, 6.07) is 4.48. The SMILES string of the molecule is CC1CCC(CN)CN1C(=O)c1cccn1C(C)C. The molecule has 0 aromatic carbocycles. The molecule has 2 unspecified atom stereocenters. The molecule has 1 fully saturated rings. The third kappa shape index (κ3) is 2.84. The van der Waals surface area contributed by atoms with Crippen LogP contribution in [0.15, 0.2) is 18.3 Å². The van der Waals surface area contributed by atoms with Crippen LogP contribution in [-0.4, -0.2) is 34.5 Å². The zero-order chi connectivity index (χ0) is 14.0. The van der Waals surface area contributed by atoms with E-state index in [0.717, 1.165) is 25.1 Å². The molecule has 19 heavy (non-hydrogen) atoms. The number of carbonyl (C=O) groups is 1. The first kappa shape index (κ1) is 14.1. The van der Waals surface area contributed by atoms with Crippen molar-refractivity contribution in [3.8, 4) is 0 Å². The van der Waals surface area contributed by atoms with Crippen LogP contribution >= 0.6 is 0 Å². The van der Waals surface area contributed by atoms with Gasteiger partial charge in [0.2, 0.25) is 0 Å². The molecule has 0 saturated carbocycles. The van der Waals surface area contributed by atoms with E-state index in [-0.39, 0.29) is 5.91 Å². The van der Waals surface area contributed by atoms with E-state index < -0.39 is 0 Å². The predicted octanol–water partition coefficient (Wildman–Crippen LogP) is 2.27. The van der Waals surface area contributed by atoms with Crippen LogP contribution < -0.4 is 5.73 Å². The summed E-state index contributed by atoms with van der Waals surface area (Å²) in [5, 5.41) is 0. The molecule has 4 heteroatoms. The molecular weight excluding hydrogens is 238 g/mol. The molecule has 2 N–H and O–H groups in total. The summed E-state index contributed by atoms with van der Waals surface area (Å²) >= 11 is 0. The number of amides is 1. The maximum Gasteiger partial charge on any atom is 0.270 e. The highest BCUT2D eigenvalue weighted by Crippen LogP contribution is 2.24. The van der Waals surface area contributed by atoms with Crippen LogP contribution in [0, 0.1) is 5.92 Å². The van der Waals surface area contributed by atoms with Crippen molar-refractivity contribution < 1.29 is 4.79 Å². The van der Waals surface area contributed by atoms with E-state index in [1.807, 2.05) is 27.8 Å². The number of hydrogen-bond acceptors (Lipinski definition) is 2. The van der Waals surface area contributed by atoms with Gasteiger partial charge in [-0.2, -0.15) is 0 Å². The number of hydrogen-bond donors (Lipinski definition) is 1. The van der Waals surface area contributed by atoms with Crippen LogP contribution in [-0.2, 0) is 0 Å². The van der Waals surface area contributed by atoms with Crippen molar-refractivity contribution in [2.45, 2.75) is 45.7 Å². The van der Waals surface area contributed by atoms with Crippen LogP contribution in [0.2, 0.25) is 0 Å². The smallest absolute Gasteiger partial charge is 0.270 e. The fraction of sp³-hybridized carbons (Fsp3) is 0.667. The van der Waals surface area contributed by atoms with Gasteiger partial charge in [-0.25, -0.2) is 0 Å². The molecule has 1 aromatic rings. The van der Waals surface area contributed by atoms with Crippen LogP contribution in [0.5, 0.6) is 0 Å². The molecule has 0 spiro atoms. The van der Waals surface area contributed by atoms with Crippen molar-refractivity contribution in [2.24, 2.45) is 11.7 Å². The Morgan fingerprint density at radius 1 is 1.47 bits per heavy atom. The first-order chi connectivity index (χ1) is 9.04. The number of nitrogens with two attached hydrogens (primary N) is 1. The summed E-state index contributed by atoms with van der Waals surface area (Å²) in [6.45, 7) is 7.78. The molecule has 106 valence electrons. The maximum absolute atomic E-state index is 12.7. The van der Waals surface area contributed by atoms with Gasteiger partial charge in [0.25, 0.3) is 5.91 Å². The summed E-state index contributed by atoms with van der Waals surface area (Å²) in [4.78, 5) is 14.7. The topological polar surface area (TPSA) is 51.3 Å². The van der Waals surface area contributed by atoms with Gasteiger partial charge in [0, 0.05) is 24.8 Å². The summed E-state index contributed by atoms with van der Waals surface area (Å²) in [5.74, 6) is 0.590. The minimum absolute atomic E-state index is 0.143. The van der Waals surface area contributed by atoms with E-state index in [4.69, 9.17) is 5.73 Å². The first-order valence-electron chi connectivity index (χ1n) is 7.22. The number of piperidine rings is 1. The highest BCUT2D eigenvalue weighted by atomic mass is 16.2. The molecule has 0 radical (unpaired) electrons. The Bertz CT molecular complexity index is 438. The highest BCUT2D eigenvalue weighted by molar-refractivity contribution is 5.93. The molecule has 1 saturated heterocycles. The van der Waals surface area contributed by atoms with Gasteiger partial charge in [0.05, 0.1) is 0 Å². The molecule has 4 nitrogen and oxygen atoms in total. The molecule has 1 aliphatic rings. The molecule has 0 aliphatic carbocycles. The predicted molar refractivity (Wildman–Crippen MR) is 77.1 cm³/mol. The monoisotopic (exact) mass is 263 g/mol. The minimum Gasteiger partial charge on any atom is -0.341 e. The average Bonchev–Trinajstić information content (AvgIpc) is 2.88. The second-order valence-electron chi connectivity index (χ2n) is 5.88. The summed E-state index contributed by atoms with van der Waals surface area (Å²) in [7, 11) is 0. The van der Waals surface area contributed by atoms with Gasteiger partial charge in [0.1, 0.15) is 5.69 Å². The third-order valence-corrected chi connectivity index (χ3v) is 4.13. The van der Waals surface area contributed by atoms with Crippen LogP contribution in [0.1, 0.15) is 50.1 Å². The lowest BCUT2D eigenvalue weighted by Crippen LogP contribution is -2.47. The Balaban J connectivity index is 2.20. The molecule has 2 atom stereocenters. The van der Waals surface area contributed by atoms with Gasteiger partial charge in [-0.3, -0.25) is 4.79 Å². The van der Waals surface area contributed by atoms with E-state index in [1.165, 1.54) is 0 Å². The standard InChI is InChI=1S/C15H25N3O/c1-11(2)17-8-4-5-14(17)15(19)18-10-13(9-16)7-6-12(18)3/h4-5,8,11-13H,6-7,9-10,16H2,1-3H3. The second-order valence-corrected chi connectivity index (χ2v) is 5.88. The zero-order valence-electron chi connectivity index (χ0n) is 12.2. The first-order valence-corrected chi connectivity index (χ1v) is 7.22. The fourth-order valence-corrected chi connectivity index (χ4v) is 2.83. The van der Waals surface area contributed by atoms with Crippen molar-refractivity contribution in [2.75, 3.05) is 13.1 Å². The Morgan fingerprint density at radius 3 is 2.84 bits per heavy atom. The van der Waals surface area contributed by atoms with E-state index in [9.17, 15) is 4.79 Å². The van der Waals surface area contributed by atoms with Gasteiger partial charge < -0.3 is 15.2 Å². The number of carbonyl (C=O) groups excluding carboxylic acids is 1. The quantitative estimate of drug-likeness (QED) is 0.909. The number of nitrogens with zero attached hydrogens (tertiary/aromatic N) is 2. The second kappa shape index (κ2) is 5.78. The molecule has 2 heterocycles. The minimum atomic E-state index is 0.143. The van der Waals surface area contributed by atoms with Gasteiger partial charge in [-0.15, -0.1) is 0 Å². The maximum atomic E-state index is 12.7. The molecular formula is C15H25N3O. The Morgan fingerprint density at radius 2 is 2.21 bits per heavy atom. The van der Waals surface area contributed by atoms with E-state index in [2.05, 4.69) is 20.8 Å². The molecule has 1 amide bonds. The van der Waals surface area contributed by atoms with Gasteiger partial charge >= 0.3 is 0 Å². The van der Waals surface area contributed by atoms with Crippen LogP contribution in [0.25, 0.3) is 0 Å². The normalized spacial score (nSPS) is 23.9. The molecule has 1 aromatic heterocycles. The molecule has 2 rings (SSSR count). The summed E-state index contributed by atoms with van der Waals surface area (Å²) in [6.07, 6.45) is 4.16. The zero-order valence-corrected chi connectivity index (χ0v) is 12.2. The third-order valence-electron chi connectivity index (χ3n) is 4.13. The van der Waals surface area contributed by atoms with Crippen molar-refractivity contribution >= 4 is 5.91 Å². The van der Waals surface area contributed by atoms with E-state index >= 15 is 0 Å². The van der Waals surface area contributed by atoms with Crippen molar-refractivity contribution in [3.63, 3.8) is 0 Å². The summed E-state index contributed by atoms with van der Waals surface area (Å²) < 4.78 is 2.04.